The summed E-state index contributed by atoms with van der Waals surface area (Å²) in [7, 11) is 0. The average Bonchev–Trinajstić information content (AvgIpc) is 2.27. The van der Waals surface area contributed by atoms with Crippen LogP contribution in [0.4, 0.5) is 0 Å². The molecule has 1 heterocycles. The molecule has 0 amide bonds. The van der Waals surface area contributed by atoms with Crippen LogP contribution in [0.5, 0.6) is 0 Å². The molecule has 3 heteroatoms. The molecular weight excluding hydrogens is 200 g/mol. The number of hydrogen-bond donors (Lipinski definition) is 1. The van der Waals surface area contributed by atoms with Crippen LogP contribution >= 0.6 is 0 Å². The molecular formula is C13H20N2O. The maximum Gasteiger partial charge on any atom is 0.153 e. The fourth-order valence-corrected chi connectivity index (χ4v) is 1.51. The molecule has 0 saturated carbocycles. The van der Waals surface area contributed by atoms with Crippen molar-refractivity contribution >= 4 is 5.78 Å². The van der Waals surface area contributed by atoms with Gasteiger partial charge in [-0.25, -0.2) is 0 Å². The molecule has 1 atom stereocenters. The van der Waals surface area contributed by atoms with E-state index in [1.807, 2.05) is 12.1 Å². The Labute approximate surface area is 97.1 Å². The summed E-state index contributed by atoms with van der Waals surface area (Å²) in [4.78, 5) is 15.8. The highest BCUT2D eigenvalue weighted by Crippen LogP contribution is 2.08. The first-order valence-electron chi connectivity index (χ1n) is 5.76. The highest BCUT2D eigenvalue weighted by Gasteiger charge is 2.14. The predicted molar refractivity (Wildman–Crippen MR) is 65.0 cm³/mol. The van der Waals surface area contributed by atoms with Crippen LogP contribution in [0, 0.1) is 5.92 Å². The largest absolute Gasteiger partial charge is 0.321 e. The fourth-order valence-electron chi connectivity index (χ4n) is 1.51. The fraction of sp³-hybridized carbons (Fsp3) is 0.538. The monoisotopic (exact) mass is 220 g/mol. The van der Waals surface area contributed by atoms with Crippen molar-refractivity contribution in [2.75, 3.05) is 0 Å². The van der Waals surface area contributed by atoms with Crippen molar-refractivity contribution in [2.24, 2.45) is 11.7 Å². The Morgan fingerprint density at radius 1 is 1.44 bits per heavy atom. The molecule has 2 N–H and O–H groups in total. The van der Waals surface area contributed by atoms with Crippen LogP contribution in [0.3, 0.4) is 0 Å². The molecule has 0 spiro atoms. The van der Waals surface area contributed by atoms with Crippen molar-refractivity contribution in [1.29, 1.82) is 0 Å². The van der Waals surface area contributed by atoms with Gasteiger partial charge in [0.05, 0.1) is 6.04 Å². The van der Waals surface area contributed by atoms with Crippen molar-refractivity contribution in [2.45, 2.75) is 39.2 Å². The first kappa shape index (κ1) is 12.8. The SMILES string of the molecule is CC(C)CCC(N)C(=O)Cc1cccnc1. The van der Waals surface area contributed by atoms with Gasteiger partial charge >= 0.3 is 0 Å². The third kappa shape index (κ3) is 4.53. The van der Waals surface area contributed by atoms with E-state index < -0.39 is 0 Å². The summed E-state index contributed by atoms with van der Waals surface area (Å²) >= 11 is 0. The van der Waals surface area contributed by atoms with Gasteiger partial charge in [-0.15, -0.1) is 0 Å². The minimum absolute atomic E-state index is 0.105. The summed E-state index contributed by atoms with van der Waals surface area (Å²) < 4.78 is 0. The molecule has 0 aliphatic carbocycles. The minimum Gasteiger partial charge on any atom is -0.321 e. The summed E-state index contributed by atoms with van der Waals surface area (Å²) in [6, 6.07) is 3.41. The van der Waals surface area contributed by atoms with Crippen LogP contribution in [0.15, 0.2) is 24.5 Å². The van der Waals surface area contributed by atoms with Crippen LogP contribution < -0.4 is 5.73 Å². The van der Waals surface area contributed by atoms with Gasteiger partial charge in [0.1, 0.15) is 0 Å². The summed E-state index contributed by atoms with van der Waals surface area (Å²) in [5.74, 6) is 0.700. The quantitative estimate of drug-likeness (QED) is 0.797. The molecule has 0 radical (unpaired) electrons. The summed E-state index contributed by atoms with van der Waals surface area (Å²) in [5.41, 5.74) is 6.78. The van der Waals surface area contributed by atoms with Gasteiger partial charge in [0.2, 0.25) is 0 Å². The maximum atomic E-state index is 11.8. The Balaban J connectivity index is 2.40. The number of pyridine rings is 1. The highest BCUT2D eigenvalue weighted by molar-refractivity contribution is 5.85. The van der Waals surface area contributed by atoms with Crippen LogP contribution in [0.25, 0.3) is 0 Å². The molecule has 1 rings (SSSR count). The second kappa shape index (κ2) is 6.38. The Hall–Kier alpha value is -1.22. The Morgan fingerprint density at radius 3 is 2.75 bits per heavy atom. The van der Waals surface area contributed by atoms with E-state index in [1.54, 1.807) is 12.4 Å². The van der Waals surface area contributed by atoms with Crippen molar-refractivity contribution in [3.05, 3.63) is 30.1 Å². The second-order valence-electron chi connectivity index (χ2n) is 4.58. The first-order valence-corrected chi connectivity index (χ1v) is 5.76. The zero-order chi connectivity index (χ0) is 12.0. The summed E-state index contributed by atoms with van der Waals surface area (Å²) in [6.07, 6.45) is 5.59. The normalized spacial score (nSPS) is 12.8. The van der Waals surface area contributed by atoms with Crippen molar-refractivity contribution in [1.82, 2.24) is 4.98 Å². The lowest BCUT2D eigenvalue weighted by Crippen LogP contribution is -2.32. The van der Waals surface area contributed by atoms with Crippen LogP contribution in [-0.2, 0) is 11.2 Å². The van der Waals surface area contributed by atoms with E-state index >= 15 is 0 Å². The number of nitrogens with zero attached hydrogens (tertiary/aromatic N) is 1. The van der Waals surface area contributed by atoms with Gasteiger partial charge < -0.3 is 5.73 Å². The van der Waals surface area contributed by atoms with Gasteiger partial charge in [-0.2, -0.15) is 0 Å². The molecule has 1 unspecified atom stereocenters. The zero-order valence-corrected chi connectivity index (χ0v) is 10.0. The second-order valence-corrected chi connectivity index (χ2v) is 4.58. The zero-order valence-electron chi connectivity index (χ0n) is 10.0. The van der Waals surface area contributed by atoms with E-state index in [0.717, 1.165) is 18.4 Å². The van der Waals surface area contributed by atoms with Crippen molar-refractivity contribution < 1.29 is 4.79 Å². The average molecular weight is 220 g/mol. The number of nitrogens with two attached hydrogens (primary N) is 1. The lowest BCUT2D eigenvalue weighted by Gasteiger charge is -2.11. The number of aromatic nitrogens is 1. The maximum absolute atomic E-state index is 11.8. The summed E-state index contributed by atoms with van der Waals surface area (Å²) in [5, 5.41) is 0. The lowest BCUT2D eigenvalue weighted by atomic mass is 9.98. The topological polar surface area (TPSA) is 56.0 Å². The number of ketones is 1. The smallest absolute Gasteiger partial charge is 0.153 e. The third-order valence-electron chi connectivity index (χ3n) is 2.57. The van der Waals surface area contributed by atoms with Gasteiger partial charge in [-0.05, 0) is 30.4 Å². The molecule has 3 nitrogen and oxygen atoms in total. The molecule has 0 aliphatic rings. The van der Waals surface area contributed by atoms with Gasteiger partial charge in [0.25, 0.3) is 0 Å². The standard InChI is InChI=1S/C13H20N2O/c1-10(2)5-6-12(14)13(16)8-11-4-3-7-15-9-11/h3-4,7,9-10,12H,5-6,8,14H2,1-2H3. The van der Waals surface area contributed by atoms with Crippen LogP contribution in [0.2, 0.25) is 0 Å². The van der Waals surface area contributed by atoms with Gasteiger partial charge in [0, 0.05) is 18.8 Å². The Bertz CT molecular complexity index is 322. The molecule has 1 aromatic rings. The van der Waals surface area contributed by atoms with Gasteiger partial charge in [-0.1, -0.05) is 19.9 Å². The van der Waals surface area contributed by atoms with Crippen LogP contribution in [0.1, 0.15) is 32.3 Å². The van der Waals surface area contributed by atoms with E-state index in [0.29, 0.717) is 12.3 Å². The van der Waals surface area contributed by atoms with E-state index in [4.69, 9.17) is 5.73 Å². The number of hydrogen-bond acceptors (Lipinski definition) is 3. The molecule has 0 fully saturated rings. The summed E-state index contributed by atoms with van der Waals surface area (Å²) in [6.45, 7) is 4.27. The van der Waals surface area contributed by atoms with Crippen molar-refractivity contribution in [3.8, 4) is 0 Å². The molecule has 0 bridgehead atoms. The number of rotatable bonds is 6. The van der Waals surface area contributed by atoms with Gasteiger partial charge in [0.15, 0.2) is 5.78 Å². The third-order valence-corrected chi connectivity index (χ3v) is 2.57. The minimum atomic E-state index is -0.331. The molecule has 0 aromatic carbocycles. The molecule has 88 valence electrons. The van der Waals surface area contributed by atoms with Gasteiger partial charge in [-0.3, -0.25) is 9.78 Å². The molecule has 1 aromatic heterocycles. The van der Waals surface area contributed by atoms with E-state index in [-0.39, 0.29) is 11.8 Å². The molecule has 0 aliphatic heterocycles. The van der Waals surface area contributed by atoms with Crippen LogP contribution in [-0.4, -0.2) is 16.8 Å². The molecule has 16 heavy (non-hydrogen) atoms. The number of carbonyl (C=O) groups is 1. The van der Waals surface area contributed by atoms with Crippen molar-refractivity contribution in [3.63, 3.8) is 0 Å². The Kier molecular flexibility index (Phi) is 5.12. The lowest BCUT2D eigenvalue weighted by molar-refractivity contribution is -0.119. The highest BCUT2D eigenvalue weighted by atomic mass is 16.1. The van der Waals surface area contributed by atoms with E-state index in [1.165, 1.54) is 0 Å². The Morgan fingerprint density at radius 2 is 2.19 bits per heavy atom. The van der Waals surface area contributed by atoms with E-state index in [9.17, 15) is 4.79 Å². The number of carbonyl (C=O) groups excluding carboxylic acids is 1. The number of Topliss-reactive ketones (excluding diaryl/α,β-unsaturated/α-hetero) is 1. The molecule has 0 saturated heterocycles. The predicted octanol–water partition coefficient (Wildman–Crippen LogP) is 1.96. The first-order chi connectivity index (χ1) is 7.59. The van der Waals surface area contributed by atoms with E-state index in [2.05, 4.69) is 18.8 Å².